The standard InChI is InChI=1S/C12H19NOS/c1-11-6-10-15-12(11)5-3-4-7-13-8-9-14-2/h3,5-6,10,13H,4,7-9H2,1-2H3. The van der Waals surface area contributed by atoms with Crippen LogP contribution in [0.4, 0.5) is 0 Å². The molecule has 0 saturated carbocycles. The SMILES string of the molecule is COCCNCCC=Cc1sccc1C. The Labute approximate surface area is 96.0 Å². The third-order valence-corrected chi connectivity index (χ3v) is 3.13. The molecule has 0 radical (unpaired) electrons. The number of rotatable bonds is 7. The van der Waals surface area contributed by atoms with E-state index in [1.54, 1.807) is 18.4 Å². The van der Waals surface area contributed by atoms with Crippen LogP contribution in [0.2, 0.25) is 0 Å². The number of thiophene rings is 1. The molecular weight excluding hydrogens is 206 g/mol. The molecular formula is C12H19NOS. The summed E-state index contributed by atoms with van der Waals surface area (Å²) in [5.74, 6) is 0. The Kier molecular flexibility index (Phi) is 6.32. The van der Waals surface area contributed by atoms with Gasteiger partial charge >= 0.3 is 0 Å². The first-order valence-corrected chi connectivity index (χ1v) is 6.13. The molecule has 0 amide bonds. The fourth-order valence-corrected chi connectivity index (χ4v) is 2.08. The van der Waals surface area contributed by atoms with Crippen LogP contribution < -0.4 is 5.32 Å². The molecule has 0 aliphatic carbocycles. The lowest BCUT2D eigenvalue weighted by atomic mass is 10.2. The quantitative estimate of drug-likeness (QED) is 0.720. The molecule has 0 fully saturated rings. The number of aryl methyl sites for hydroxylation is 1. The summed E-state index contributed by atoms with van der Waals surface area (Å²) in [6, 6.07) is 2.15. The molecule has 84 valence electrons. The van der Waals surface area contributed by atoms with Gasteiger partial charge < -0.3 is 10.1 Å². The van der Waals surface area contributed by atoms with Crippen LogP contribution in [0.1, 0.15) is 16.9 Å². The number of nitrogens with one attached hydrogen (secondary N) is 1. The Hall–Kier alpha value is -0.640. The van der Waals surface area contributed by atoms with Gasteiger partial charge in [-0.2, -0.15) is 0 Å². The van der Waals surface area contributed by atoms with Crippen molar-refractivity contribution in [1.29, 1.82) is 0 Å². The topological polar surface area (TPSA) is 21.3 Å². The molecule has 0 atom stereocenters. The highest BCUT2D eigenvalue weighted by atomic mass is 32.1. The maximum atomic E-state index is 4.94. The molecule has 1 N–H and O–H groups in total. The molecule has 0 spiro atoms. The predicted molar refractivity (Wildman–Crippen MR) is 67.5 cm³/mol. The number of hydrogen-bond acceptors (Lipinski definition) is 3. The van der Waals surface area contributed by atoms with Crippen molar-refractivity contribution in [2.45, 2.75) is 13.3 Å². The van der Waals surface area contributed by atoms with Crippen LogP contribution in [0.25, 0.3) is 6.08 Å². The summed E-state index contributed by atoms with van der Waals surface area (Å²) in [5.41, 5.74) is 1.36. The van der Waals surface area contributed by atoms with Gasteiger partial charge in [0.25, 0.3) is 0 Å². The van der Waals surface area contributed by atoms with Crippen LogP contribution in [0.15, 0.2) is 17.5 Å². The van der Waals surface area contributed by atoms with Gasteiger partial charge in [0.1, 0.15) is 0 Å². The minimum atomic E-state index is 0.785. The molecule has 0 bridgehead atoms. The highest BCUT2D eigenvalue weighted by Gasteiger charge is 1.92. The minimum absolute atomic E-state index is 0.785. The van der Waals surface area contributed by atoms with E-state index in [1.807, 2.05) is 0 Å². The molecule has 0 aliphatic heterocycles. The zero-order chi connectivity index (χ0) is 10.9. The molecule has 0 saturated heterocycles. The molecule has 1 aromatic heterocycles. The fraction of sp³-hybridized carbons (Fsp3) is 0.500. The van der Waals surface area contributed by atoms with Gasteiger partial charge in [-0.25, -0.2) is 0 Å². The van der Waals surface area contributed by atoms with Crippen molar-refractivity contribution in [2.24, 2.45) is 0 Å². The first-order valence-electron chi connectivity index (χ1n) is 5.25. The van der Waals surface area contributed by atoms with Gasteiger partial charge in [0.2, 0.25) is 0 Å². The summed E-state index contributed by atoms with van der Waals surface area (Å²) in [4.78, 5) is 1.37. The number of methoxy groups -OCH3 is 1. The lowest BCUT2D eigenvalue weighted by Crippen LogP contribution is -2.19. The van der Waals surface area contributed by atoms with Gasteiger partial charge in [0, 0.05) is 18.5 Å². The van der Waals surface area contributed by atoms with Crippen LogP contribution in [0.3, 0.4) is 0 Å². The average Bonchev–Trinajstić information content (AvgIpc) is 2.63. The van der Waals surface area contributed by atoms with E-state index in [-0.39, 0.29) is 0 Å². The summed E-state index contributed by atoms with van der Waals surface area (Å²) >= 11 is 1.79. The van der Waals surface area contributed by atoms with Gasteiger partial charge in [-0.1, -0.05) is 6.08 Å². The van der Waals surface area contributed by atoms with Gasteiger partial charge in [0.15, 0.2) is 0 Å². The van der Waals surface area contributed by atoms with Crippen molar-refractivity contribution in [3.63, 3.8) is 0 Å². The second-order valence-electron chi connectivity index (χ2n) is 3.40. The van der Waals surface area contributed by atoms with E-state index in [4.69, 9.17) is 4.74 Å². The number of hydrogen-bond donors (Lipinski definition) is 1. The minimum Gasteiger partial charge on any atom is -0.383 e. The van der Waals surface area contributed by atoms with Crippen LogP contribution in [0.5, 0.6) is 0 Å². The molecule has 2 nitrogen and oxygen atoms in total. The van der Waals surface area contributed by atoms with Crippen LogP contribution >= 0.6 is 11.3 Å². The summed E-state index contributed by atoms with van der Waals surface area (Å²) in [6.07, 6.45) is 5.50. The summed E-state index contributed by atoms with van der Waals surface area (Å²) in [7, 11) is 1.72. The Morgan fingerprint density at radius 1 is 1.47 bits per heavy atom. The van der Waals surface area contributed by atoms with Crippen LogP contribution in [-0.2, 0) is 4.74 Å². The Balaban J connectivity index is 2.10. The number of ether oxygens (including phenoxy) is 1. The maximum Gasteiger partial charge on any atom is 0.0587 e. The Morgan fingerprint density at radius 3 is 3.00 bits per heavy atom. The summed E-state index contributed by atoms with van der Waals surface area (Å²) < 4.78 is 4.94. The molecule has 0 aliphatic rings. The maximum absolute atomic E-state index is 4.94. The monoisotopic (exact) mass is 225 g/mol. The van der Waals surface area contributed by atoms with Gasteiger partial charge in [0.05, 0.1) is 6.61 Å². The van der Waals surface area contributed by atoms with Gasteiger partial charge in [-0.05, 0) is 43.0 Å². The zero-order valence-corrected chi connectivity index (χ0v) is 10.3. The predicted octanol–water partition coefficient (Wildman–Crippen LogP) is 2.70. The van der Waals surface area contributed by atoms with E-state index in [0.29, 0.717) is 0 Å². The van der Waals surface area contributed by atoms with Crippen LogP contribution in [0, 0.1) is 6.92 Å². The fourth-order valence-electron chi connectivity index (χ4n) is 1.23. The largest absolute Gasteiger partial charge is 0.383 e. The van der Waals surface area contributed by atoms with Crippen molar-refractivity contribution in [3.8, 4) is 0 Å². The van der Waals surface area contributed by atoms with Crippen LogP contribution in [-0.4, -0.2) is 26.8 Å². The zero-order valence-electron chi connectivity index (χ0n) is 9.45. The molecule has 0 unspecified atom stereocenters. The second kappa shape index (κ2) is 7.63. The van der Waals surface area contributed by atoms with E-state index in [9.17, 15) is 0 Å². The van der Waals surface area contributed by atoms with E-state index in [2.05, 4.69) is 35.8 Å². The van der Waals surface area contributed by atoms with Crippen molar-refractivity contribution < 1.29 is 4.74 Å². The van der Waals surface area contributed by atoms with E-state index >= 15 is 0 Å². The first-order chi connectivity index (χ1) is 7.34. The highest BCUT2D eigenvalue weighted by molar-refractivity contribution is 7.11. The van der Waals surface area contributed by atoms with Crippen molar-refractivity contribution in [1.82, 2.24) is 5.32 Å². The summed E-state index contributed by atoms with van der Waals surface area (Å²) in [5, 5.41) is 5.44. The Morgan fingerprint density at radius 2 is 2.33 bits per heavy atom. The van der Waals surface area contributed by atoms with Crippen molar-refractivity contribution in [3.05, 3.63) is 28.0 Å². The van der Waals surface area contributed by atoms with E-state index in [1.165, 1.54) is 10.4 Å². The molecule has 1 heterocycles. The Bertz CT molecular complexity index is 294. The lowest BCUT2D eigenvalue weighted by molar-refractivity contribution is 0.199. The molecule has 1 aromatic rings. The third kappa shape index (κ3) is 5.11. The molecule has 1 rings (SSSR count). The van der Waals surface area contributed by atoms with Gasteiger partial charge in [-0.15, -0.1) is 11.3 Å². The molecule has 0 aromatic carbocycles. The van der Waals surface area contributed by atoms with E-state index < -0.39 is 0 Å². The normalized spacial score (nSPS) is 11.3. The van der Waals surface area contributed by atoms with Crippen molar-refractivity contribution in [2.75, 3.05) is 26.8 Å². The molecule has 3 heteroatoms. The average molecular weight is 225 g/mol. The second-order valence-corrected chi connectivity index (χ2v) is 4.35. The summed E-state index contributed by atoms with van der Waals surface area (Å²) in [6.45, 7) is 4.88. The van der Waals surface area contributed by atoms with E-state index in [0.717, 1.165) is 26.1 Å². The van der Waals surface area contributed by atoms with Crippen molar-refractivity contribution >= 4 is 17.4 Å². The molecule has 15 heavy (non-hydrogen) atoms. The smallest absolute Gasteiger partial charge is 0.0587 e. The first kappa shape index (κ1) is 12.4. The highest BCUT2D eigenvalue weighted by Crippen LogP contribution is 2.16. The van der Waals surface area contributed by atoms with Gasteiger partial charge in [-0.3, -0.25) is 0 Å². The third-order valence-electron chi connectivity index (χ3n) is 2.14. The lowest BCUT2D eigenvalue weighted by Gasteiger charge is -2.00.